The van der Waals surface area contributed by atoms with Crippen molar-refractivity contribution in [3.63, 3.8) is 0 Å². The monoisotopic (exact) mass is 311 g/mol. The maximum atomic E-state index is 11.9. The zero-order valence-electron chi connectivity index (χ0n) is 14.9. The summed E-state index contributed by atoms with van der Waals surface area (Å²) in [6.45, 7) is 15.4. The van der Waals surface area contributed by atoms with Gasteiger partial charge >= 0.3 is 6.09 Å². The van der Waals surface area contributed by atoms with Crippen molar-refractivity contribution in [2.45, 2.75) is 65.1 Å². The van der Waals surface area contributed by atoms with E-state index in [2.05, 4.69) is 24.1 Å². The normalized spacial score (nSPS) is 22.0. The van der Waals surface area contributed by atoms with E-state index < -0.39 is 5.60 Å². The molecule has 1 amide bonds. The van der Waals surface area contributed by atoms with Crippen molar-refractivity contribution in [3.05, 3.63) is 0 Å². The summed E-state index contributed by atoms with van der Waals surface area (Å²) in [7, 11) is 0. The number of nitrogens with one attached hydrogen (secondary N) is 1. The number of piperidine rings is 1. The Kier molecular flexibility index (Phi) is 5.72. The third-order valence-electron chi connectivity index (χ3n) is 4.22. The topological polar surface area (TPSA) is 44.8 Å². The molecule has 0 spiro atoms. The van der Waals surface area contributed by atoms with Crippen LogP contribution in [0.3, 0.4) is 0 Å². The first-order valence-corrected chi connectivity index (χ1v) is 8.69. The van der Waals surface area contributed by atoms with Gasteiger partial charge in [0.2, 0.25) is 0 Å². The van der Waals surface area contributed by atoms with E-state index in [1.165, 1.54) is 32.5 Å². The van der Waals surface area contributed by atoms with E-state index in [1.807, 2.05) is 20.8 Å². The van der Waals surface area contributed by atoms with Gasteiger partial charge in [-0.2, -0.15) is 0 Å². The minimum absolute atomic E-state index is 0.183. The molecule has 2 rings (SSSR count). The summed E-state index contributed by atoms with van der Waals surface area (Å²) >= 11 is 0. The summed E-state index contributed by atoms with van der Waals surface area (Å²) in [6, 6.07) is 1.04. The molecule has 1 N–H and O–H groups in total. The summed E-state index contributed by atoms with van der Waals surface area (Å²) in [5.41, 5.74) is -0.404. The second-order valence-electron chi connectivity index (χ2n) is 8.22. The van der Waals surface area contributed by atoms with Gasteiger partial charge in [-0.3, -0.25) is 0 Å². The van der Waals surface area contributed by atoms with Crippen molar-refractivity contribution in [1.82, 2.24) is 15.1 Å². The molecule has 0 atom stereocenters. The van der Waals surface area contributed by atoms with E-state index >= 15 is 0 Å². The first-order valence-electron chi connectivity index (χ1n) is 8.69. The Balaban J connectivity index is 1.62. The number of rotatable bonds is 4. The zero-order valence-corrected chi connectivity index (χ0v) is 14.9. The Morgan fingerprint density at radius 1 is 1.18 bits per heavy atom. The molecule has 22 heavy (non-hydrogen) atoms. The predicted molar refractivity (Wildman–Crippen MR) is 89.0 cm³/mol. The lowest BCUT2D eigenvalue weighted by atomic mass is 10.0. The Morgan fingerprint density at radius 2 is 1.77 bits per heavy atom. The Labute approximate surface area is 135 Å². The van der Waals surface area contributed by atoms with E-state index in [0.717, 1.165) is 19.0 Å². The molecule has 0 aromatic carbocycles. The van der Waals surface area contributed by atoms with Crippen LogP contribution in [0.1, 0.15) is 47.5 Å². The molecule has 0 bridgehead atoms. The summed E-state index contributed by atoms with van der Waals surface area (Å²) in [4.78, 5) is 16.2. The third kappa shape index (κ3) is 5.43. The summed E-state index contributed by atoms with van der Waals surface area (Å²) in [6.07, 6.45) is 2.25. The average molecular weight is 311 g/mol. The molecule has 0 aromatic rings. The summed E-state index contributed by atoms with van der Waals surface area (Å²) in [5, 5.41) is 3.70. The number of amides is 1. The van der Waals surface area contributed by atoms with Crippen LogP contribution in [-0.2, 0) is 4.74 Å². The molecule has 2 heterocycles. The van der Waals surface area contributed by atoms with Gasteiger partial charge in [-0.15, -0.1) is 0 Å². The van der Waals surface area contributed by atoms with Crippen LogP contribution in [0.2, 0.25) is 0 Å². The molecule has 0 unspecified atom stereocenters. The molecule has 128 valence electrons. The lowest BCUT2D eigenvalue weighted by Gasteiger charge is -2.43. The van der Waals surface area contributed by atoms with Crippen LogP contribution in [0, 0.1) is 5.92 Å². The SMILES string of the molecule is CC(C)CN1CCC(NC2CN(C(=O)OC(C)(C)C)C2)CC1. The van der Waals surface area contributed by atoms with E-state index in [4.69, 9.17) is 4.74 Å². The molecular weight excluding hydrogens is 278 g/mol. The van der Waals surface area contributed by atoms with Crippen LogP contribution in [0.4, 0.5) is 4.79 Å². The van der Waals surface area contributed by atoms with Crippen LogP contribution in [-0.4, -0.2) is 66.3 Å². The quantitative estimate of drug-likeness (QED) is 0.865. The van der Waals surface area contributed by atoms with Gasteiger partial charge in [0.05, 0.1) is 0 Å². The Hall–Kier alpha value is -0.810. The largest absolute Gasteiger partial charge is 0.444 e. The first kappa shape index (κ1) is 17.5. The lowest BCUT2D eigenvalue weighted by Crippen LogP contribution is -2.63. The minimum Gasteiger partial charge on any atom is -0.444 e. The maximum absolute atomic E-state index is 11.9. The van der Waals surface area contributed by atoms with Gasteiger partial charge in [-0.1, -0.05) is 13.8 Å². The van der Waals surface area contributed by atoms with Crippen LogP contribution in [0.5, 0.6) is 0 Å². The van der Waals surface area contributed by atoms with Gasteiger partial charge in [0.1, 0.15) is 5.60 Å². The fourth-order valence-electron chi connectivity index (χ4n) is 3.19. The predicted octanol–water partition coefficient (Wildman–Crippen LogP) is 2.32. The number of nitrogens with zero attached hydrogens (tertiary/aromatic N) is 2. The van der Waals surface area contributed by atoms with E-state index in [-0.39, 0.29) is 6.09 Å². The van der Waals surface area contributed by atoms with Gasteiger partial charge in [0.25, 0.3) is 0 Å². The third-order valence-corrected chi connectivity index (χ3v) is 4.22. The van der Waals surface area contributed by atoms with Crippen LogP contribution in [0.25, 0.3) is 0 Å². The highest BCUT2D eigenvalue weighted by atomic mass is 16.6. The maximum Gasteiger partial charge on any atom is 0.410 e. The Bertz CT molecular complexity index is 365. The fourth-order valence-corrected chi connectivity index (χ4v) is 3.19. The molecule has 5 heteroatoms. The molecule has 2 aliphatic rings. The first-order chi connectivity index (χ1) is 10.2. The van der Waals surface area contributed by atoms with Crippen LogP contribution in [0.15, 0.2) is 0 Å². The molecule has 0 saturated carbocycles. The minimum atomic E-state index is -0.404. The van der Waals surface area contributed by atoms with E-state index in [9.17, 15) is 4.79 Å². The smallest absolute Gasteiger partial charge is 0.410 e. The second-order valence-corrected chi connectivity index (χ2v) is 8.22. The van der Waals surface area contributed by atoms with Gasteiger partial charge in [0, 0.05) is 31.7 Å². The van der Waals surface area contributed by atoms with Crippen LogP contribution < -0.4 is 5.32 Å². The highest BCUT2D eigenvalue weighted by Gasteiger charge is 2.35. The van der Waals surface area contributed by atoms with Gasteiger partial charge in [0.15, 0.2) is 0 Å². The van der Waals surface area contributed by atoms with E-state index in [1.54, 1.807) is 4.90 Å². The number of hydrogen-bond acceptors (Lipinski definition) is 4. The number of carbonyl (C=O) groups is 1. The highest BCUT2D eigenvalue weighted by Crippen LogP contribution is 2.18. The molecule has 0 radical (unpaired) electrons. The fraction of sp³-hybridized carbons (Fsp3) is 0.941. The standard InChI is InChI=1S/C17H33N3O2/c1-13(2)10-19-8-6-14(7-9-19)18-15-11-20(12-15)16(21)22-17(3,4)5/h13-15,18H,6-12H2,1-5H3. The Morgan fingerprint density at radius 3 is 2.27 bits per heavy atom. The number of likely N-dealkylation sites (tertiary alicyclic amines) is 2. The summed E-state index contributed by atoms with van der Waals surface area (Å²) < 4.78 is 5.38. The zero-order chi connectivity index (χ0) is 16.3. The number of carbonyl (C=O) groups excluding carboxylic acids is 1. The van der Waals surface area contributed by atoms with Crippen molar-refractivity contribution in [2.75, 3.05) is 32.7 Å². The molecule has 2 fully saturated rings. The molecule has 0 aliphatic carbocycles. The van der Waals surface area contributed by atoms with Gasteiger partial charge < -0.3 is 19.9 Å². The van der Waals surface area contributed by atoms with Gasteiger partial charge in [-0.25, -0.2) is 4.79 Å². The molecule has 2 aliphatic heterocycles. The summed E-state index contributed by atoms with van der Waals surface area (Å²) in [5.74, 6) is 0.749. The second kappa shape index (κ2) is 7.18. The number of ether oxygens (including phenoxy) is 1. The number of hydrogen-bond donors (Lipinski definition) is 1. The molecule has 0 aromatic heterocycles. The van der Waals surface area contributed by atoms with Crippen molar-refractivity contribution in [3.8, 4) is 0 Å². The molecular formula is C17H33N3O2. The average Bonchev–Trinajstić information content (AvgIpc) is 2.32. The van der Waals surface area contributed by atoms with E-state index in [0.29, 0.717) is 12.1 Å². The van der Waals surface area contributed by atoms with Crippen molar-refractivity contribution < 1.29 is 9.53 Å². The molecule has 5 nitrogen and oxygen atoms in total. The molecule has 2 saturated heterocycles. The van der Waals surface area contributed by atoms with Crippen molar-refractivity contribution >= 4 is 6.09 Å². The van der Waals surface area contributed by atoms with Crippen LogP contribution >= 0.6 is 0 Å². The van der Waals surface area contributed by atoms with Gasteiger partial charge in [-0.05, 0) is 52.6 Å². The van der Waals surface area contributed by atoms with Crippen molar-refractivity contribution in [1.29, 1.82) is 0 Å². The highest BCUT2D eigenvalue weighted by molar-refractivity contribution is 5.69. The lowest BCUT2D eigenvalue weighted by molar-refractivity contribution is 0.00310. The van der Waals surface area contributed by atoms with Crippen molar-refractivity contribution in [2.24, 2.45) is 5.92 Å².